The summed E-state index contributed by atoms with van der Waals surface area (Å²) >= 11 is 0. The molecule has 4 heterocycles. The van der Waals surface area contributed by atoms with Gasteiger partial charge in [0.05, 0.1) is 6.10 Å². The van der Waals surface area contributed by atoms with E-state index in [0.717, 1.165) is 55.8 Å². The van der Waals surface area contributed by atoms with Gasteiger partial charge in [0, 0.05) is 67.0 Å². The third-order valence-electron chi connectivity index (χ3n) is 7.23. The topological polar surface area (TPSA) is 65.4 Å². The Kier molecular flexibility index (Phi) is 5.22. The number of aliphatic hydroxyl groups is 1. The predicted molar refractivity (Wildman–Crippen MR) is 114 cm³/mol. The number of pyridine rings is 1. The Hall–Kier alpha value is -2.05. The summed E-state index contributed by atoms with van der Waals surface area (Å²) < 4.78 is 0. The number of anilines is 1. The summed E-state index contributed by atoms with van der Waals surface area (Å²) in [7, 11) is 0. The van der Waals surface area contributed by atoms with Crippen LogP contribution in [0.2, 0.25) is 0 Å². The normalized spacial score (nSPS) is 30.7. The molecule has 1 aliphatic carbocycles. The van der Waals surface area contributed by atoms with E-state index in [0.29, 0.717) is 11.5 Å². The number of aromatic nitrogens is 3. The van der Waals surface area contributed by atoms with E-state index < -0.39 is 0 Å². The molecule has 1 saturated carbocycles. The maximum atomic E-state index is 9.82. The molecule has 2 aromatic rings. The van der Waals surface area contributed by atoms with Gasteiger partial charge in [-0.2, -0.15) is 0 Å². The lowest BCUT2D eigenvalue weighted by Crippen LogP contribution is -2.47. The van der Waals surface area contributed by atoms with Crippen molar-refractivity contribution < 1.29 is 5.11 Å². The van der Waals surface area contributed by atoms with E-state index in [1.165, 1.54) is 32.4 Å². The van der Waals surface area contributed by atoms with Crippen LogP contribution in [0.1, 0.15) is 44.9 Å². The molecule has 0 aromatic carbocycles. The first-order valence-electron chi connectivity index (χ1n) is 11.1. The molecule has 0 amide bonds. The predicted octanol–water partition coefficient (Wildman–Crippen LogP) is 3.13. The van der Waals surface area contributed by atoms with Gasteiger partial charge in [0.15, 0.2) is 0 Å². The van der Waals surface area contributed by atoms with Crippen molar-refractivity contribution >= 4 is 5.95 Å². The van der Waals surface area contributed by atoms with E-state index in [1.807, 2.05) is 30.7 Å². The maximum Gasteiger partial charge on any atom is 0.225 e. The van der Waals surface area contributed by atoms with Gasteiger partial charge in [0.2, 0.25) is 5.95 Å². The van der Waals surface area contributed by atoms with Crippen LogP contribution in [0.3, 0.4) is 0 Å². The number of rotatable bonds is 3. The van der Waals surface area contributed by atoms with Crippen LogP contribution in [0.5, 0.6) is 0 Å². The Labute approximate surface area is 173 Å². The molecule has 154 valence electrons. The summed E-state index contributed by atoms with van der Waals surface area (Å²) in [4.78, 5) is 18.7. The minimum absolute atomic E-state index is 0.0697. The van der Waals surface area contributed by atoms with Crippen molar-refractivity contribution in [3.05, 3.63) is 36.9 Å². The molecular formula is C23H31N5O. The lowest BCUT2D eigenvalue weighted by Gasteiger charge is -2.41. The highest BCUT2D eigenvalue weighted by molar-refractivity contribution is 5.60. The molecule has 6 nitrogen and oxygen atoms in total. The van der Waals surface area contributed by atoms with E-state index in [-0.39, 0.29) is 6.10 Å². The second-order valence-corrected chi connectivity index (χ2v) is 9.22. The molecule has 1 N–H and O–H groups in total. The van der Waals surface area contributed by atoms with E-state index in [4.69, 9.17) is 9.97 Å². The number of likely N-dealkylation sites (tertiary alicyclic amines) is 1. The van der Waals surface area contributed by atoms with Crippen LogP contribution in [0.15, 0.2) is 36.9 Å². The van der Waals surface area contributed by atoms with Gasteiger partial charge >= 0.3 is 0 Å². The van der Waals surface area contributed by atoms with E-state index in [9.17, 15) is 5.11 Å². The molecule has 3 aliphatic rings. The number of hydrogen-bond donors (Lipinski definition) is 1. The Morgan fingerprint density at radius 1 is 0.931 bits per heavy atom. The fourth-order valence-corrected chi connectivity index (χ4v) is 5.58. The molecule has 6 heteroatoms. The summed E-state index contributed by atoms with van der Waals surface area (Å²) in [6, 6.07) is 4.65. The second-order valence-electron chi connectivity index (χ2n) is 9.22. The molecule has 1 spiro atoms. The van der Waals surface area contributed by atoms with Gasteiger partial charge in [-0.25, -0.2) is 9.97 Å². The highest BCUT2D eigenvalue weighted by Crippen LogP contribution is 2.42. The van der Waals surface area contributed by atoms with Crippen molar-refractivity contribution in [1.29, 1.82) is 0 Å². The molecule has 1 atom stereocenters. The van der Waals surface area contributed by atoms with Crippen LogP contribution in [-0.2, 0) is 0 Å². The van der Waals surface area contributed by atoms with Crippen molar-refractivity contribution in [3.63, 3.8) is 0 Å². The van der Waals surface area contributed by atoms with Gasteiger partial charge in [-0.3, -0.25) is 9.88 Å². The van der Waals surface area contributed by atoms with Crippen LogP contribution in [0, 0.1) is 5.41 Å². The number of aliphatic hydroxyl groups excluding tert-OH is 1. The summed E-state index contributed by atoms with van der Waals surface area (Å²) in [5, 5.41) is 9.82. The summed E-state index contributed by atoms with van der Waals surface area (Å²) in [5.74, 6) is 0.857. The molecule has 0 unspecified atom stereocenters. The molecule has 5 rings (SSSR count). The monoisotopic (exact) mass is 393 g/mol. The molecule has 3 fully saturated rings. The molecule has 2 saturated heterocycles. The minimum Gasteiger partial charge on any atom is -0.393 e. The average molecular weight is 394 g/mol. The standard InChI is InChI=1S/C23H31N5O/c29-21-6-4-20(5-7-21)27-12-9-23(16-27)8-2-11-28(17-23)22-25-14-19(15-26-22)18-3-1-10-24-13-18/h1,3,10,13-15,20-21,29H,2,4-9,11-12,16-17H2/t20-,21+,23-/m1/s1. The Bertz CT molecular complexity index is 806. The van der Waals surface area contributed by atoms with Crippen LogP contribution in [-0.4, -0.2) is 63.3 Å². The zero-order valence-corrected chi connectivity index (χ0v) is 17.1. The highest BCUT2D eigenvalue weighted by Gasteiger charge is 2.43. The number of nitrogens with zero attached hydrogens (tertiary/aromatic N) is 5. The van der Waals surface area contributed by atoms with Crippen LogP contribution < -0.4 is 4.90 Å². The number of piperidine rings is 1. The van der Waals surface area contributed by atoms with E-state index >= 15 is 0 Å². The first-order valence-corrected chi connectivity index (χ1v) is 11.1. The van der Waals surface area contributed by atoms with Gasteiger partial charge in [0.25, 0.3) is 0 Å². The van der Waals surface area contributed by atoms with Crippen molar-refractivity contribution in [1.82, 2.24) is 19.9 Å². The quantitative estimate of drug-likeness (QED) is 0.864. The van der Waals surface area contributed by atoms with Gasteiger partial charge < -0.3 is 10.0 Å². The molecule has 0 bridgehead atoms. The Morgan fingerprint density at radius 3 is 2.52 bits per heavy atom. The van der Waals surface area contributed by atoms with Crippen LogP contribution in [0.4, 0.5) is 5.95 Å². The molecule has 29 heavy (non-hydrogen) atoms. The fraction of sp³-hybridized carbons (Fsp3) is 0.609. The minimum atomic E-state index is -0.0697. The average Bonchev–Trinajstić information content (AvgIpc) is 3.18. The summed E-state index contributed by atoms with van der Waals surface area (Å²) in [5.41, 5.74) is 2.44. The summed E-state index contributed by atoms with van der Waals surface area (Å²) in [6.45, 7) is 4.50. The van der Waals surface area contributed by atoms with Gasteiger partial charge in [0.1, 0.15) is 0 Å². The van der Waals surface area contributed by atoms with Crippen LogP contribution >= 0.6 is 0 Å². The van der Waals surface area contributed by atoms with Gasteiger partial charge in [-0.05, 0) is 57.6 Å². The zero-order valence-electron chi connectivity index (χ0n) is 17.1. The highest BCUT2D eigenvalue weighted by atomic mass is 16.3. The van der Waals surface area contributed by atoms with Crippen molar-refractivity contribution in [2.24, 2.45) is 5.41 Å². The van der Waals surface area contributed by atoms with Crippen molar-refractivity contribution in [2.75, 3.05) is 31.1 Å². The third kappa shape index (κ3) is 4.01. The molecule has 2 aromatic heterocycles. The number of hydrogen-bond acceptors (Lipinski definition) is 6. The van der Waals surface area contributed by atoms with Crippen molar-refractivity contribution in [2.45, 2.75) is 57.1 Å². The first kappa shape index (κ1) is 18.9. The van der Waals surface area contributed by atoms with Crippen molar-refractivity contribution in [3.8, 4) is 11.1 Å². The zero-order chi connectivity index (χ0) is 19.7. The molecular weight excluding hydrogens is 362 g/mol. The first-order chi connectivity index (χ1) is 14.2. The fourth-order valence-electron chi connectivity index (χ4n) is 5.58. The van der Waals surface area contributed by atoms with E-state index in [1.54, 1.807) is 6.20 Å². The lowest BCUT2D eigenvalue weighted by atomic mass is 9.79. The summed E-state index contributed by atoms with van der Waals surface area (Å²) in [6.07, 6.45) is 15.5. The largest absolute Gasteiger partial charge is 0.393 e. The maximum absolute atomic E-state index is 9.82. The molecule has 0 radical (unpaired) electrons. The lowest BCUT2D eigenvalue weighted by molar-refractivity contribution is 0.0770. The molecule has 2 aliphatic heterocycles. The van der Waals surface area contributed by atoms with Crippen LogP contribution in [0.25, 0.3) is 11.1 Å². The van der Waals surface area contributed by atoms with Gasteiger partial charge in [-0.15, -0.1) is 0 Å². The van der Waals surface area contributed by atoms with Gasteiger partial charge in [-0.1, -0.05) is 6.07 Å². The third-order valence-corrected chi connectivity index (χ3v) is 7.23. The second kappa shape index (κ2) is 8.00. The SMILES string of the molecule is O[C@H]1CC[C@@H](N2CC[C@]3(CCCN(c4ncc(-c5cccnc5)cn4)C3)C2)CC1. The Balaban J connectivity index is 1.25. The Morgan fingerprint density at radius 2 is 1.76 bits per heavy atom. The van der Waals surface area contributed by atoms with E-state index in [2.05, 4.69) is 14.8 Å². The smallest absolute Gasteiger partial charge is 0.225 e.